The van der Waals surface area contributed by atoms with Gasteiger partial charge < -0.3 is 14.5 Å². The van der Waals surface area contributed by atoms with Crippen molar-refractivity contribution in [3.8, 4) is 5.75 Å². The van der Waals surface area contributed by atoms with Crippen LogP contribution in [0.2, 0.25) is 0 Å². The van der Waals surface area contributed by atoms with Gasteiger partial charge in [-0.2, -0.15) is 0 Å². The summed E-state index contributed by atoms with van der Waals surface area (Å²) in [4.78, 5) is 11.5. The molecule has 0 aromatic carbocycles. The third kappa shape index (κ3) is 2.64. The predicted octanol–water partition coefficient (Wildman–Crippen LogP) is 1.33. The molecule has 1 saturated heterocycles. The lowest BCUT2D eigenvalue weighted by Crippen LogP contribution is -2.33. The summed E-state index contributed by atoms with van der Waals surface area (Å²) >= 11 is 0. The molecule has 0 saturated carbocycles. The Morgan fingerprint density at radius 2 is 2.50 bits per heavy atom. The van der Waals surface area contributed by atoms with Crippen molar-refractivity contribution in [1.29, 1.82) is 0 Å². The van der Waals surface area contributed by atoms with Crippen molar-refractivity contribution in [2.75, 3.05) is 19.7 Å². The Bertz CT molecular complexity index is 393. The smallest absolute Gasteiger partial charge is 0.226 e. The Hall–Kier alpha value is -1.29. The number of ether oxygens (including phenoxy) is 1. The third-order valence-electron chi connectivity index (χ3n) is 2.87. The molecule has 0 radical (unpaired) electrons. The van der Waals surface area contributed by atoms with Crippen LogP contribution in [0.5, 0.6) is 5.75 Å². The highest BCUT2D eigenvalue weighted by atomic mass is 16.5. The molecule has 1 aromatic rings. The average molecular weight is 223 g/mol. The topological polar surface area (TPSA) is 51.5 Å². The van der Waals surface area contributed by atoms with Crippen LogP contribution in [0.3, 0.4) is 0 Å². The van der Waals surface area contributed by atoms with Crippen LogP contribution in [0.4, 0.5) is 0 Å². The quantitative estimate of drug-likeness (QED) is 0.839. The van der Waals surface area contributed by atoms with Gasteiger partial charge in [0.1, 0.15) is 5.76 Å². The van der Waals surface area contributed by atoms with E-state index in [0.29, 0.717) is 24.0 Å². The highest BCUT2D eigenvalue weighted by Crippen LogP contribution is 2.15. The summed E-state index contributed by atoms with van der Waals surface area (Å²) in [6.07, 6.45) is 3.73. The first-order chi connectivity index (χ1) is 7.77. The number of aryl methyl sites for hydroxylation is 1. The molecular weight excluding hydrogens is 206 g/mol. The van der Waals surface area contributed by atoms with Gasteiger partial charge in [0.25, 0.3) is 0 Å². The third-order valence-corrected chi connectivity index (χ3v) is 2.87. The fourth-order valence-corrected chi connectivity index (χ4v) is 1.94. The first-order valence-electron chi connectivity index (χ1n) is 5.69. The molecule has 1 unspecified atom stereocenters. The van der Waals surface area contributed by atoms with E-state index < -0.39 is 0 Å². The Morgan fingerprint density at radius 1 is 1.62 bits per heavy atom. The molecule has 0 spiro atoms. The van der Waals surface area contributed by atoms with Crippen molar-refractivity contribution < 1.29 is 9.15 Å². The zero-order valence-electron chi connectivity index (χ0n) is 9.49. The second-order valence-corrected chi connectivity index (χ2v) is 4.19. The van der Waals surface area contributed by atoms with Crippen molar-refractivity contribution in [1.82, 2.24) is 5.32 Å². The number of rotatable bonds is 3. The Morgan fingerprint density at radius 3 is 3.19 bits per heavy atom. The molecule has 1 atom stereocenters. The van der Waals surface area contributed by atoms with Crippen LogP contribution >= 0.6 is 0 Å². The zero-order chi connectivity index (χ0) is 11.4. The fraction of sp³-hybridized carbons (Fsp3) is 0.583. The van der Waals surface area contributed by atoms with Gasteiger partial charge in [0.05, 0.1) is 12.9 Å². The van der Waals surface area contributed by atoms with E-state index in [2.05, 4.69) is 5.32 Å². The van der Waals surface area contributed by atoms with Crippen molar-refractivity contribution in [3.63, 3.8) is 0 Å². The molecule has 0 bridgehead atoms. The summed E-state index contributed by atoms with van der Waals surface area (Å²) in [6, 6.07) is 1.39. The first-order valence-corrected chi connectivity index (χ1v) is 5.69. The molecule has 88 valence electrons. The summed E-state index contributed by atoms with van der Waals surface area (Å²) in [6.45, 7) is 4.39. The molecule has 1 N–H and O–H groups in total. The van der Waals surface area contributed by atoms with Gasteiger partial charge in [0, 0.05) is 18.5 Å². The largest absolute Gasteiger partial charge is 0.486 e. The number of nitrogens with one attached hydrogen (secondary N) is 1. The standard InChI is InChI=1S/C12H17NO3/c1-9-12(11(14)4-6-15-9)16-8-10-3-2-5-13-7-10/h4,6,10,13H,2-3,5,7-8H2,1H3. The normalized spacial score (nSPS) is 20.7. The molecule has 0 aliphatic carbocycles. The molecule has 16 heavy (non-hydrogen) atoms. The minimum Gasteiger partial charge on any atom is -0.486 e. The Balaban J connectivity index is 1.96. The molecule has 4 nitrogen and oxygen atoms in total. The van der Waals surface area contributed by atoms with Crippen LogP contribution in [-0.4, -0.2) is 19.7 Å². The van der Waals surface area contributed by atoms with Gasteiger partial charge in [-0.3, -0.25) is 4.79 Å². The van der Waals surface area contributed by atoms with Crippen LogP contribution in [0.25, 0.3) is 0 Å². The van der Waals surface area contributed by atoms with Crippen LogP contribution < -0.4 is 15.5 Å². The highest BCUT2D eigenvalue weighted by Gasteiger charge is 2.15. The Kier molecular flexibility index (Phi) is 3.62. The van der Waals surface area contributed by atoms with Gasteiger partial charge in [-0.1, -0.05) is 0 Å². The van der Waals surface area contributed by atoms with Crippen LogP contribution in [0, 0.1) is 12.8 Å². The second kappa shape index (κ2) is 5.16. The summed E-state index contributed by atoms with van der Waals surface area (Å²) in [5.74, 6) is 1.40. The van der Waals surface area contributed by atoms with E-state index in [1.54, 1.807) is 6.92 Å². The predicted molar refractivity (Wildman–Crippen MR) is 60.8 cm³/mol. The number of hydrogen-bond acceptors (Lipinski definition) is 4. The number of piperidine rings is 1. The van der Waals surface area contributed by atoms with Gasteiger partial charge in [-0.15, -0.1) is 0 Å². The van der Waals surface area contributed by atoms with E-state index in [4.69, 9.17) is 9.15 Å². The molecule has 0 amide bonds. The van der Waals surface area contributed by atoms with Gasteiger partial charge in [-0.25, -0.2) is 0 Å². The summed E-state index contributed by atoms with van der Waals surface area (Å²) < 4.78 is 10.7. The van der Waals surface area contributed by atoms with Gasteiger partial charge in [-0.05, 0) is 26.3 Å². The molecule has 1 aromatic heterocycles. The summed E-state index contributed by atoms with van der Waals surface area (Å²) in [7, 11) is 0. The lowest BCUT2D eigenvalue weighted by Gasteiger charge is -2.22. The first kappa shape index (κ1) is 11.2. The van der Waals surface area contributed by atoms with Crippen LogP contribution in [0.15, 0.2) is 21.5 Å². The van der Waals surface area contributed by atoms with Gasteiger partial charge in [0.2, 0.25) is 11.2 Å². The van der Waals surface area contributed by atoms with Crippen molar-refractivity contribution in [2.45, 2.75) is 19.8 Å². The highest BCUT2D eigenvalue weighted by molar-refractivity contribution is 5.23. The molecular formula is C12H17NO3. The molecule has 1 aliphatic heterocycles. The minimum atomic E-state index is -0.104. The lowest BCUT2D eigenvalue weighted by atomic mass is 10.0. The zero-order valence-corrected chi connectivity index (χ0v) is 9.49. The Labute approximate surface area is 94.6 Å². The molecule has 2 rings (SSSR count). The molecule has 2 heterocycles. The maximum atomic E-state index is 11.5. The van der Waals surface area contributed by atoms with Crippen LogP contribution in [-0.2, 0) is 0 Å². The SMILES string of the molecule is Cc1occc(=O)c1OCC1CCCNC1. The minimum absolute atomic E-state index is 0.104. The van der Waals surface area contributed by atoms with E-state index in [1.807, 2.05) is 0 Å². The molecule has 1 fully saturated rings. The van der Waals surface area contributed by atoms with Gasteiger partial charge >= 0.3 is 0 Å². The van der Waals surface area contributed by atoms with E-state index >= 15 is 0 Å². The van der Waals surface area contributed by atoms with Gasteiger partial charge in [0.15, 0.2) is 0 Å². The number of hydrogen-bond donors (Lipinski definition) is 1. The monoisotopic (exact) mass is 223 g/mol. The fourth-order valence-electron chi connectivity index (χ4n) is 1.94. The van der Waals surface area contributed by atoms with Crippen molar-refractivity contribution in [2.24, 2.45) is 5.92 Å². The van der Waals surface area contributed by atoms with E-state index in [9.17, 15) is 4.79 Å². The lowest BCUT2D eigenvalue weighted by molar-refractivity contribution is 0.210. The van der Waals surface area contributed by atoms with Crippen molar-refractivity contribution in [3.05, 3.63) is 28.3 Å². The van der Waals surface area contributed by atoms with E-state index in [1.165, 1.54) is 18.8 Å². The maximum absolute atomic E-state index is 11.5. The average Bonchev–Trinajstić information content (AvgIpc) is 2.30. The van der Waals surface area contributed by atoms with Crippen LogP contribution in [0.1, 0.15) is 18.6 Å². The maximum Gasteiger partial charge on any atom is 0.226 e. The summed E-state index contributed by atoms with van der Waals surface area (Å²) in [5, 5.41) is 3.32. The molecule has 4 heteroatoms. The van der Waals surface area contributed by atoms with Crippen molar-refractivity contribution >= 4 is 0 Å². The van der Waals surface area contributed by atoms with E-state index in [-0.39, 0.29) is 5.43 Å². The second-order valence-electron chi connectivity index (χ2n) is 4.19. The molecule has 1 aliphatic rings. The van der Waals surface area contributed by atoms with E-state index in [0.717, 1.165) is 19.5 Å². The summed E-state index contributed by atoms with van der Waals surface area (Å²) in [5.41, 5.74) is -0.104.